The number of aryl methyl sites for hydroxylation is 1. The maximum absolute atomic E-state index is 12.8. The minimum Gasteiger partial charge on any atom is -0.390 e. The standard InChI is InChI=1S/C16H20F3NO2/c1-10-4-5-11(16(17,18)19)8-13(10)14(21)20-7-6-12(9-20)15(2,3)22/h4-5,8,12,22H,6-7,9H2,1-3H3/t12-/m1/s1. The van der Waals surface area contributed by atoms with Crippen molar-refractivity contribution < 1.29 is 23.1 Å². The number of hydrogen-bond acceptors (Lipinski definition) is 2. The van der Waals surface area contributed by atoms with Crippen molar-refractivity contribution in [1.82, 2.24) is 4.90 Å². The molecule has 1 aliphatic heterocycles. The summed E-state index contributed by atoms with van der Waals surface area (Å²) in [5, 5.41) is 10.0. The molecule has 1 N–H and O–H groups in total. The van der Waals surface area contributed by atoms with Gasteiger partial charge in [-0.05, 0) is 44.9 Å². The van der Waals surface area contributed by atoms with Crippen molar-refractivity contribution in [2.75, 3.05) is 13.1 Å². The molecule has 6 heteroatoms. The van der Waals surface area contributed by atoms with E-state index < -0.39 is 23.2 Å². The van der Waals surface area contributed by atoms with Crippen molar-refractivity contribution in [2.24, 2.45) is 5.92 Å². The van der Waals surface area contributed by atoms with Gasteiger partial charge in [-0.3, -0.25) is 4.79 Å². The lowest BCUT2D eigenvalue weighted by molar-refractivity contribution is -0.137. The Kier molecular flexibility index (Phi) is 4.26. The summed E-state index contributed by atoms with van der Waals surface area (Å²) in [6, 6.07) is 3.21. The van der Waals surface area contributed by atoms with E-state index in [0.717, 1.165) is 12.1 Å². The normalized spacial score (nSPS) is 19.6. The molecule has 3 nitrogen and oxygen atoms in total. The number of rotatable bonds is 2. The zero-order valence-electron chi connectivity index (χ0n) is 12.9. The molecule has 0 aromatic heterocycles. The molecular formula is C16H20F3NO2. The number of hydrogen-bond donors (Lipinski definition) is 1. The molecule has 1 aromatic rings. The number of aliphatic hydroxyl groups is 1. The first kappa shape index (κ1) is 16.8. The van der Waals surface area contributed by atoms with Gasteiger partial charge < -0.3 is 10.0 Å². The molecule has 1 atom stereocenters. The van der Waals surface area contributed by atoms with E-state index in [9.17, 15) is 23.1 Å². The fraction of sp³-hybridized carbons (Fsp3) is 0.562. The first-order chi connectivity index (χ1) is 10.00. The Morgan fingerprint density at radius 2 is 1.95 bits per heavy atom. The molecule has 22 heavy (non-hydrogen) atoms. The average Bonchev–Trinajstić information content (AvgIpc) is 2.86. The summed E-state index contributed by atoms with van der Waals surface area (Å²) in [5.41, 5.74) is -1.13. The molecule has 0 unspecified atom stereocenters. The third kappa shape index (κ3) is 3.43. The van der Waals surface area contributed by atoms with Crippen LogP contribution in [0.4, 0.5) is 13.2 Å². The summed E-state index contributed by atoms with van der Waals surface area (Å²) in [5.74, 6) is -0.474. The quantitative estimate of drug-likeness (QED) is 0.910. The van der Waals surface area contributed by atoms with Crippen LogP contribution >= 0.6 is 0 Å². The summed E-state index contributed by atoms with van der Waals surface area (Å²) in [7, 11) is 0. The van der Waals surface area contributed by atoms with E-state index >= 15 is 0 Å². The van der Waals surface area contributed by atoms with Gasteiger partial charge >= 0.3 is 6.18 Å². The van der Waals surface area contributed by atoms with Gasteiger partial charge in [0.15, 0.2) is 0 Å². The van der Waals surface area contributed by atoms with Crippen molar-refractivity contribution in [1.29, 1.82) is 0 Å². The Morgan fingerprint density at radius 1 is 1.32 bits per heavy atom. The van der Waals surface area contributed by atoms with Crippen LogP contribution in [0.25, 0.3) is 0 Å². The summed E-state index contributed by atoms with van der Waals surface area (Å²) in [4.78, 5) is 14.0. The Labute approximate surface area is 127 Å². The van der Waals surface area contributed by atoms with Crippen LogP contribution in [0.2, 0.25) is 0 Å². The number of alkyl halides is 3. The van der Waals surface area contributed by atoms with Gasteiger partial charge in [-0.2, -0.15) is 13.2 Å². The Balaban J connectivity index is 2.24. The average molecular weight is 315 g/mol. The van der Waals surface area contributed by atoms with Gasteiger partial charge in [0.25, 0.3) is 5.91 Å². The van der Waals surface area contributed by atoms with E-state index in [1.165, 1.54) is 11.0 Å². The van der Waals surface area contributed by atoms with Crippen molar-refractivity contribution in [2.45, 2.75) is 39.0 Å². The van der Waals surface area contributed by atoms with E-state index in [0.29, 0.717) is 25.1 Å². The third-order valence-electron chi connectivity index (χ3n) is 4.27. The maximum Gasteiger partial charge on any atom is 0.416 e. The first-order valence-electron chi connectivity index (χ1n) is 7.19. The van der Waals surface area contributed by atoms with Crippen LogP contribution in [0.1, 0.15) is 41.8 Å². The monoisotopic (exact) mass is 315 g/mol. The smallest absolute Gasteiger partial charge is 0.390 e. The number of likely N-dealkylation sites (tertiary alicyclic amines) is 1. The molecule has 0 bridgehead atoms. The van der Waals surface area contributed by atoms with Crippen molar-refractivity contribution >= 4 is 5.91 Å². The number of nitrogens with zero attached hydrogens (tertiary/aromatic N) is 1. The molecule has 1 amide bonds. The Morgan fingerprint density at radius 3 is 2.45 bits per heavy atom. The second-order valence-electron chi connectivity index (χ2n) is 6.42. The number of benzene rings is 1. The van der Waals surface area contributed by atoms with Gasteiger partial charge in [0.1, 0.15) is 0 Å². The van der Waals surface area contributed by atoms with Crippen LogP contribution in [-0.4, -0.2) is 34.6 Å². The zero-order valence-corrected chi connectivity index (χ0v) is 12.9. The molecule has 2 rings (SSSR count). The van der Waals surface area contributed by atoms with E-state index in [1.54, 1.807) is 20.8 Å². The van der Waals surface area contributed by atoms with Gasteiger partial charge in [-0.15, -0.1) is 0 Å². The highest BCUT2D eigenvalue weighted by atomic mass is 19.4. The van der Waals surface area contributed by atoms with Gasteiger partial charge in [0, 0.05) is 24.6 Å². The lowest BCUT2D eigenvalue weighted by Crippen LogP contribution is -2.35. The molecule has 1 fully saturated rings. The van der Waals surface area contributed by atoms with Crippen molar-refractivity contribution in [3.63, 3.8) is 0 Å². The largest absolute Gasteiger partial charge is 0.416 e. The van der Waals surface area contributed by atoms with Crippen molar-refractivity contribution in [3.8, 4) is 0 Å². The number of carbonyl (C=O) groups excluding carboxylic acids is 1. The SMILES string of the molecule is Cc1ccc(C(F)(F)F)cc1C(=O)N1CC[C@@H](C(C)(C)O)C1. The molecule has 0 aliphatic carbocycles. The van der Waals surface area contributed by atoms with Crippen LogP contribution in [0.3, 0.4) is 0 Å². The topological polar surface area (TPSA) is 40.5 Å². The summed E-state index contributed by atoms with van der Waals surface area (Å²) < 4.78 is 38.4. The maximum atomic E-state index is 12.8. The molecule has 1 saturated heterocycles. The molecule has 0 spiro atoms. The van der Waals surface area contributed by atoms with Crippen LogP contribution in [0, 0.1) is 12.8 Å². The summed E-state index contributed by atoms with van der Waals surface area (Å²) in [6.07, 6.45) is -3.82. The summed E-state index contributed by atoms with van der Waals surface area (Å²) >= 11 is 0. The highest BCUT2D eigenvalue weighted by Gasteiger charge is 2.37. The molecule has 0 saturated carbocycles. The van der Waals surface area contributed by atoms with Crippen LogP contribution in [0.15, 0.2) is 18.2 Å². The fourth-order valence-corrected chi connectivity index (χ4v) is 2.72. The minimum atomic E-state index is -4.47. The number of amides is 1. The second kappa shape index (κ2) is 5.57. The van der Waals surface area contributed by atoms with Crippen LogP contribution in [0.5, 0.6) is 0 Å². The lowest BCUT2D eigenvalue weighted by Gasteiger charge is -2.25. The Hall–Kier alpha value is -1.56. The number of halogens is 3. The van der Waals surface area contributed by atoms with Gasteiger partial charge in [0.2, 0.25) is 0 Å². The van der Waals surface area contributed by atoms with Crippen molar-refractivity contribution in [3.05, 3.63) is 34.9 Å². The fourth-order valence-electron chi connectivity index (χ4n) is 2.72. The molecule has 0 radical (unpaired) electrons. The van der Waals surface area contributed by atoms with E-state index in [2.05, 4.69) is 0 Å². The predicted molar refractivity (Wildman–Crippen MR) is 76.5 cm³/mol. The van der Waals surface area contributed by atoms with E-state index in [1.807, 2.05) is 0 Å². The van der Waals surface area contributed by atoms with Gasteiger partial charge in [-0.25, -0.2) is 0 Å². The molecule has 1 aromatic carbocycles. The van der Waals surface area contributed by atoms with E-state index in [-0.39, 0.29) is 11.5 Å². The van der Waals surface area contributed by atoms with E-state index in [4.69, 9.17) is 0 Å². The van der Waals surface area contributed by atoms with Gasteiger partial charge in [-0.1, -0.05) is 6.07 Å². The van der Waals surface area contributed by atoms with Crippen LogP contribution in [-0.2, 0) is 6.18 Å². The van der Waals surface area contributed by atoms with Gasteiger partial charge in [0.05, 0.1) is 11.2 Å². The number of carbonyl (C=O) groups is 1. The van der Waals surface area contributed by atoms with Crippen LogP contribution < -0.4 is 0 Å². The first-order valence-corrected chi connectivity index (χ1v) is 7.19. The zero-order chi connectivity index (χ0) is 16.7. The predicted octanol–water partition coefficient (Wildman–Crippen LogP) is 3.25. The second-order valence-corrected chi connectivity index (χ2v) is 6.42. The minimum absolute atomic E-state index is 0.0671. The molecule has 122 valence electrons. The molecule has 1 heterocycles. The molecular weight excluding hydrogens is 295 g/mol. The lowest BCUT2D eigenvalue weighted by atomic mass is 9.90. The highest BCUT2D eigenvalue weighted by molar-refractivity contribution is 5.96. The summed E-state index contributed by atoms with van der Waals surface area (Å²) in [6.45, 7) is 5.79. The Bertz CT molecular complexity index is 576. The molecule has 1 aliphatic rings. The highest BCUT2D eigenvalue weighted by Crippen LogP contribution is 2.32. The third-order valence-corrected chi connectivity index (χ3v) is 4.27.